The van der Waals surface area contributed by atoms with Gasteiger partial charge in [0, 0.05) is 26.2 Å². The molecule has 0 atom stereocenters. The molecule has 0 amide bonds. The molecule has 0 bridgehead atoms. The lowest BCUT2D eigenvalue weighted by Gasteiger charge is -2.36. The second kappa shape index (κ2) is 5.70. The van der Waals surface area contributed by atoms with E-state index in [4.69, 9.17) is 0 Å². The van der Waals surface area contributed by atoms with Crippen molar-refractivity contribution in [3.8, 4) is 0 Å². The zero-order valence-electron chi connectivity index (χ0n) is 12.0. The average molecular weight is 278 g/mol. The molecule has 2 aliphatic carbocycles. The average Bonchev–Trinajstić information content (AvgIpc) is 3.18. The highest BCUT2D eigenvalue weighted by Crippen LogP contribution is 2.31. The summed E-state index contributed by atoms with van der Waals surface area (Å²) in [7, 11) is 1.95. The Labute approximate surface area is 119 Å². The van der Waals surface area contributed by atoms with Gasteiger partial charge in [-0.15, -0.1) is 0 Å². The van der Waals surface area contributed by atoms with Gasteiger partial charge in [-0.1, -0.05) is 12.1 Å². The third-order valence-corrected chi connectivity index (χ3v) is 4.35. The van der Waals surface area contributed by atoms with Crippen molar-refractivity contribution in [3.63, 3.8) is 0 Å². The van der Waals surface area contributed by atoms with Gasteiger partial charge in [0.05, 0.1) is 11.8 Å². The summed E-state index contributed by atoms with van der Waals surface area (Å²) < 4.78 is 14.2. The summed E-state index contributed by atoms with van der Waals surface area (Å²) in [5.41, 5.74) is 1.74. The first-order valence-electron chi connectivity index (χ1n) is 7.53. The molecule has 2 saturated carbocycles. The van der Waals surface area contributed by atoms with Gasteiger partial charge in [-0.3, -0.25) is 0 Å². The van der Waals surface area contributed by atoms with Gasteiger partial charge in [-0.05, 0) is 43.2 Å². The standard InChI is InChI=1S/C16H23FN2O/c1-19(10-11-7-14(20)8-11)16-12(3-2-4-15(16)17)9-18-13-5-6-13/h2-4,11,13-14,18,20H,5-10H2,1H3. The lowest BCUT2D eigenvalue weighted by atomic mass is 9.82. The third kappa shape index (κ3) is 3.13. The lowest BCUT2D eigenvalue weighted by Crippen LogP contribution is -2.37. The van der Waals surface area contributed by atoms with Crippen molar-refractivity contribution in [2.75, 3.05) is 18.5 Å². The summed E-state index contributed by atoms with van der Waals surface area (Å²) in [5.74, 6) is 0.335. The molecule has 0 unspecified atom stereocenters. The molecule has 2 N–H and O–H groups in total. The van der Waals surface area contributed by atoms with E-state index in [0.29, 0.717) is 17.6 Å². The first kappa shape index (κ1) is 13.8. The smallest absolute Gasteiger partial charge is 0.146 e. The van der Waals surface area contributed by atoms with E-state index in [2.05, 4.69) is 5.32 Å². The number of rotatable bonds is 6. The molecule has 4 heteroatoms. The minimum absolute atomic E-state index is 0.148. The van der Waals surface area contributed by atoms with Crippen molar-refractivity contribution >= 4 is 5.69 Å². The van der Waals surface area contributed by atoms with Crippen LogP contribution >= 0.6 is 0 Å². The fourth-order valence-electron chi connectivity index (χ4n) is 3.00. The van der Waals surface area contributed by atoms with E-state index >= 15 is 0 Å². The molecule has 0 radical (unpaired) electrons. The number of hydrogen-bond donors (Lipinski definition) is 2. The zero-order chi connectivity index (χ0) is 14.1. The van der Waals surface area contributed by atoms with Crippen LogP contribution in [0.3, 0.4) is 0 Å². The van der Waals surface area contributed by atoms with Crippen LogP contribution in [0.2, 0.25) is 0 Å². The number of para-hydroxylation sites is 1. The molecular formula is C16H23FN2O. The Morgan fingerprint density at radius 2 is 2.10 bits per heavy atom. The maximum absolute atomic E-state index is 14.2. The lowest BCUT2D eigenvalue weighted by molar-refractivity contribution is 0.0464. The summed E-state index contributed by atoms with van der Waals surface area (Å²) in [4.78, 5) is 2.01. The normalized spacial score (nSPS) is 25.4. The molecule has 2 fully saturated rings. The van der Waals surface area contributed by atoms with Gasteiger partial charge >= 0.3 is 0 Å². The van der Waals surface area contributed by atoms with Crippen LogP contribution in [0.5, 0.6) is 0 Å². The highest BCUT2D eigenvalue weighted by Gasteiger charge is 2.29. The summed E-state index contributed by atoms with van der Waals surface area (Å²) >= 11 is 0. The van der Waals surface area contributed by atoms with Crippen molar-refractivity contribution in [3.05, 3.63) is 29.6 Å². The fourth-order valence-corrected chi connectivity index (χ4v) is 3.00. The molecule has 3 nitrogen and oxygen atoms in total. The first-order chi connectivity index (χ1) is 9.63. The van der Waals surface area contributed by atoms with Crippen molar-refractivity contribution in [2.24, 2.45) is 5.92 Å². The number of nitrogens with zero attached hydrogens (tertiary/aromatic N) is 1. The summed E-state index contributed by atoms with van der Waals surface area (Å²) in [6.45, 7) is 1.55. The van der Waals surface area contributed by atoms with E-state index in [9.17, 15) is 9.50 Å². The molecule has 2 aliphatic rings. The Kier molecular flexibility index (Phi) is 3.94. The van der Waals surface area contributed by atoms with Crippen molar-refractivity contribution < 1.29 is 9.50 Å². The van der Waals surface area contributed by atoms with E-state index in [-0.39, 0.29) is 11.9 Å². The second-order valence-electron chi connectivity index (χ2n) is 6.27. The topological polar surface area (TPSA) is 35.5 Å². The van der Waals surface area contributed by atoms with E-state index in [1.807, 2.05) is 18.0 Å². The largest absolute Gasteiger partial charge is 0.393 e. The van der Waals surface area contributed by atoms with Crippen LogP contribution < -0.4 is 10.2 Å². The van der Waals surface area contributed by atoms with Crippen LogP contribution in [0.25, 0.3) is 0 Å². The minimum Gasteiger partial charge on any atom is -0.393 e. The highest BCUT2D eigenvalue weighted by molar-refractivity contribution is 5.54. The summed E-state index contributed by atoms with van der Waals surface area (Å²) in [5, 5.41) is 12.8. The maximum atomic E-state index is 14.2. The van der Waals surface area contributed by atoms with E-state index < -0.39 is 0 Å². The van der Waals surface area contributed by atoms with Gasteiger partial charge in [0.2, 0.25) is 0 Å². The molecule has 0 aliphatic heterocycles. The SMILES string of the molecule is CN(CC1CC(O)C1)c1c(F)cccc1CNC1CC1. The van der Waals surface area contributed by atoms with Crippen LogP contribution in [0.4, 0.5) is 10.1 Å². The van der Waals surface area contributed by atoms with E-state index in [1.165, 1.54) is 18.9 Å². The van der Waals surface area contributed by atoms with Gasteiger partial charge in [0.15, 0.2) is 0 Å². The zero-order valence-corrected chi connectivity index (χ0v) is 12.0. The first-order valence-corrected chi connectivity index (χ1v) is 7.53. The van der Waals surface area contributed by atoms with Crippen molar-refractivity contribution in [2.45, 2.75) is 44.4 Å². The Hall–Kier alpha value is -1.13. The summed E-state index contributed by atoms with van der Waals surface area (Å²) in [6, 6.07) is 5.93. The third-order valence-electron chi connectivity index (χ3n) is 4.35. The van der Waals surface area contributed by atoms with Crippen LogP contribution in [-0.2, 0) is 6.54 Å². The van der Waals surface area contributed by atoms with E-state index in [1.54, 1.807) is 6.07 Å². The molecule has 20 heavy (non-hydrogen) atoms. The maximum Gasteiger partial charge on any atom is 0.146 e. The van der Waals surface area contributed by atoms with Crippen LogP contribution in [0.1, 0.15) is 31.2 Å². The van der Waals surface area contributed by atoms with Gasteiger partial charge in [-0.2, -0.15) is 0 Å². The van der Waals surface area contributed by atoms with Crippen LogP contribution in [0, 0.1) is 11.7 Å². The second-order valence-corrected chi connectivity index (χ2v) is 6.27. The molecule has 110 valence electrons. The molecule has 0 aromatic heterocycles. The number of aliphatic hydroxyl groups excluding tert-OH is 1. The Morgan fingerprint density at radius 3 is 2.75 bits per heavy atom. The number of anilines is 1. The van der Waals surface area contributed by atoms with Gasteiger partial charge in [-0.25, -0.2) is 4.39 Å². The Morgan fingerprint density at radius 1 is 1.35 bits per heavy atom. The number of benzene rings is 1. The van der Waals surface area contributed by atoms with Crippen LogP contribution in [-0.4, -0.2) is 30.8 Å². The Balaban J connectivity index is 1.68. The fraction of sp³-hybridized carbons (Fsp3) is 0.625. The predicted molar refractivity (Wildman–Crippen MR) is 78.3 cm³/mol. The molecular weight excluding hydrogens is 255 g/mol. The van der Waals surface area contributed by atoms with Crippen molar-refractivity contribution in [1.82, 2.24) is 5.32 Å². The molecule has 0 spiro atoms. The van der Waals surface area contributed by atoms with Crippen LogP contribution in [0.15, 0.2) is 18.2 Å². The Bertz CT molecular complexity index is 470. The number of halogens is 1. The highest BCUT2D eigenvalue weighted by atomic mass is 19.1. The van der Waals surface area contributed by atoms with Crippen molar-refractivity contribution in [1.29, 1.82) is 0 Å². The van der Waals surface area contributed by atoms with E-state index in [0.717, 1.165) is 31.5 Å². The minimum atomic E-state index is -0.150. The van der Waals surface area contributed by atoms with Gasteiger partial charge in [0.1, 0.15) is 5.82 Å². The predicted octanol–water partition coefficient (Wildman–Crippen LogP) is 2.28. The number of aliphatic hydroxyl groups is 1. The molecule has 0 saturated heterocycles. The molecule has 0 heterocycles. The quantitative estimate of drug-likeness (QED) is 0.838. The molecule has 3 rings (SSSR count). The summed E-state index contributed by atoms with van der Waals surface area (Å²) in [6.07, 6.45) is 4.01. The van der Waals surface area contributed by atoms with Gasteiger partial charge < -0.3 is 15.3 Å². The number of hydrogen-bond acceptors (Lipinski definition) is 3. The van der Waals surface area contributed by atoms with Gasteiger partial charge in [0.25, 0.3) is 0 Å². The molecule has 1 aromatic carbocycles. The number of nitrogens with one attached hydrogen (secondary N) is 1. The molecule has 1 aromatic rings. The monoisotopic (exact) mass is 278 g/mol.